The van der Waals surface area contributed by atoms with Gasteiger partial charge in [-0.1, -0.05) is 0 Å². The average molecular weight is 340 g/mol. The van der Waals surface area contributed by atoms with E-state index in [1.807, 2.05) is 6.92 Å². The van der Waals surface area contributed by atoms with E-state index in [1.54, 1.807) is 24.3 Å². The van der Waals surface area contributed by atoms with Gasteiger partial charge in [0.15, 0.2) is 11.8 Å². The largest absolute Gasteiger partial charge is 0.350 e. The van der Waals surface area contributed by atoms with E-state index in [4.69, 9.17) is 0 Å². The number of nitrogens with one attached hydrogen (secondary N) is 2. The lowest BCUT2D eigenvalue weighted by Gasteiger charge is -2.27. The van der Waals surface area contributed by atoms with Crippen LogP contribution in [0.3, 0.4) is 0 Å². The molecule has 1 unspecified atom stereocenters. The maximum absolute atomic E-state index is 12.7. The molecule has 1 fully saturated rings. The Bertz CT molecular complexity index is 764. The van der Waals surface area contributed by atoms with Gasteiger partial charge in [-0.3, -0.25) is 9.59 Å². The number of quaternary nitrogens is 1. The lowest BCUT2D eigenvalue weighted by Crippen LogP contribution is -3.15. The zero-order valence-corrected chi connectivity index (χ0v) is 15.1. The van der Waals surface area contributed by atoms with Crippen LogP contribution in [0.2, 0.25) is 0 Å². The molecule has 0 saturated carbocycles. The predicted molar refractivity (Wildman–Crippen MR) is 97.8 cm³/mol. The molecule has 1 amide bonds. The quantitative estimate of drug-likeness (QED) is 0.818. The molecule has 2 aromatic rings. The summed E-state index contributed by atoms with van der Waals surface area (Å²) in [4.78, 5) is 25.4. The summed E-state index contributed by atoms with van der Waals surface area (Å²) < 4.78 is 2.15. The summed E-state index contributed by atoms with van der Waals surface area (Å²) in [6.45, 7) is 4.54. The lowest BCUT2D eigenvalue weighted by atomic mass is 10.1. The Labute approximate surface area is 148 Å². The highest BCUT2D eigenvalue weighted by molar-refractivity contribution is 5.96. The molecule has 0 aliphatic carbocycles. The van der Waals surface area contributed by atoms with Gasteiger partial charge in [-0.15, -0.1) is 0 Å². The van der Waals surface area contributed by atoms with Gasteiger partial charge in [-0.05, 0) is 50.2 Å². The van der Waals surface area contributed by atoms with E-state index in [0.717, 1.165) is 25.1 Å². The van der Waals surface area contributed by atoms with Crippen molar-refractivity contribution in [3.8, 4) is 0 Å². The number of carbonyl (C=O) groups excluding carboxylic acids is 2. The first-order chi connectivity index (χ1) is 12.0. The third kappa shape index (κ3) is 3.66. The summed E-state index contributed by atoms with van der Waals surface area (Å²) in [6, 6.07) is 11.5. The van der Waals surface area contributed by atoms with Crippen molar-refractivity contribution in [2.75, 3.05) is 11.9 Å². The van der Waals surface area contributed by atoms with Gasteiger partial charge in [0.05, 0.1) is 12.2 Å². The maximum atomic E-state index is 12.7. The fourth-order valence-electron chi connectivity index (χ4n) is 3.77. The van der Waals surface area contributed by atoms with Gasteiger partial charge >= 0.3 is 0 Å². The molecule has 0 bridgehead atoms. The van der Waals surface area contributed by atoms with Crippen LogP contribution in [0.25, 0.3) is 0 Å². The van der Waals surface area contributed by atoms with E-state index in [-0.39, 0.29) is 17.7 Å². The smallest absolute Gasteiger partial charge is 0.282 e. The van der Waals surface area contributed by atoms with Crippen molar-refractivity contribution >= 4 is 17.4 Å². The molecular weight excluding hydrogens is 314 g/mol. The number of benzene rings is 1. The van der Waals surface area contributed by atoms with Crippen LogP contribution in [0.5, 0.6) is 0 Å². The number of aryl methyl sites for hydroxylation is 1. The van der Waals surface area contributed by atoms with Crippen LogP contribution in [0.4, 0.5) is 5.69 Å². The number of aromatic nitrogens is 1. The van der Waals surface area contributed by atoms with Gasteiger partial charge in [0.2, 0.25) is 0 Å². The molecule has 1 saturated heterocycles. The summed E-state index contributed by atoms with van der Waals surface area (Å²) >= 11 is 0. The monoisotopic (exact) mass is 340 g/mol. The van der Waals surface area contributed by atoms with Crippen LogP contribution < -0.4 is 10.2 Å². The number of nitrogens with zero attached hydrogens (tertiary/aromatic N) is 1. The van der Waals surface area contributed by atoms with E-state index >= 15 is 0 Å². The van der Waals surface area contributed by atoms with Crippen molar-refractivity contribution in [1.29, 1.82) is 0 Å². The molecule has 132 valence electrons. The normalized spacial score (nSPS) is 21.1. The fourth-order valence-corrected chi connectivity index (χ4v) is 3.77. The predicted octanol–water partition coefficient (Wildman–Crippen LogP) is 1.97. The van der Waals surface area contributed by atoms with Crippen molar-refractivity contribution in [3.05, 3.63) is 53.9 Å². The number of amides is 1. The molecule has 3 rings (SSSR count). The molecule has 5 nitrogen and oxygen atoms in total. The molecule has 1 aromatic heterocycles. The molecule has 1 aromatic carbocycles. The number of ketones is 1. The van der Waals surface area contributed by atoms with Gasteiger partial charge < -0.3 is 14.8 Å². The number of Topliss-reactive ketones (excluding diaryl/α,β-unsaturated/α-hetero) is 1. The van der Waals surface area contributed by atoms with Crippen LogP contribution in [-0.4, -0.2) is 28.8 Å². The minimum Gasteiger partial charge on any atom is -0.350 e. The van der Waals surface area contributed by atoms with E-state index in [0.29, 0.717) is 11.6 Å². The second kappa shape index (κ2) is 7.23. The highest BCUT2D eigenvalue weighted by Gasteiger charge is 2.38. The molecule has 0 spiro atoms. The minimum atomic E-state index is -0.130. The number of carbonyl (C=O) groups is 2. The Morgan fingerprint density at radius 2 is 1.96 bits per heavy atom. The van der Waals surface area contributed by atoms with Crippen LogP contribution in [0.15, 0.2) is 42.6 Å². The highest BCUT2D eigenvalue weighted by atomic mass is 16.2. The lowest BCUT2D eigenvalue weighted by molar-refractivity contribution is -0.932. The van der Waals surface area contributed by atoms with E-state index < -0.39 is 0 Å². The zero-order valence-electron chi connectivity index (χ0n) is 15.1. The zero-order chi connectivity index (χ0) is 18.0. The molecule has 5 heteroatoms. The van der Waals surface area contributed by atoms with Crippen LogP contribution in [0.1, 0.15) is 48.8 Å². The van der Waals surface area contributed by atoms with Crippen molar-refractivity contribution < 1.29 is 14.5 Å². The third-order valence-corrected chi connectivity index (χ3v) is 5.26. The molecule has 1 aliphatic heterocycles. The Balaban J connectivity index is 1.69. The van der Waals surface area contributed by atoms with Gasteiger partial charge in [-0.2, -0.15) is 0 Å². The van der Waals surface area contributed by atoms with Crippen molar-refractivity contribution in [1.82, 2.24) is 4.57 Å². The number of likely N-dealkylation sites (tertiary alicyclic amines) is 1. The second-order valence-electron chi connectivity index (χ2n) is 6.91. The molecule has 3 atom stereocenters. The minimum absolute atomic E-state index is 0.0201. The Morgan fingerprint density at radius 1 is 1.24 bits per heavy atom. The van der Waals surface area contributed by atoms with Crippen LogP contribution >= 0.6 is 0 Å². The molecule has 2 heterocycles. The Morgan fingerprint density at radius 3 is 2.56 bits per heavy atom. The van der Waals surface area contributed by atoms with Crippen molar-refractivity contribution in [2.24, 2.45) is 7.05 Å². The third-order valence-electron chi connectivity index (χ3n) is 5.26. The maximum Gasteiger partial charge on any atom is 0.282 e. The van der Waals surface area contributed by atoms with Gasteiger partial charge in [-0.25, -0.2) is 0 Å². The molecule has 1 aliphatic rings. The first-order valence-electron chi connectivity index (χ1n) is 8.86. The Kier molecular flexibility index (Phi) is 5.04. The van der Waals surface area contributed by atoms with Gasteiger partial charge in [0.25, 0.3) is 5.91 Å². The standard InChI is InChI=1S/C20H25N3O2/c1-14(20(25)21-17-10-8-16(9-11-17)15(2)24)23-13-5-7-19(23)18-6-4-12-22(18)3/h4,6,8-12,14,19H,5,7,13H2,1-3H3,(H,21,25)/p+1/t14-,19+/m0/s1. The number of anilines is 1. The van der Waals surface area contributed by atoms with Gasteiger partial charge in [0.1, 0.15) is 6.04 Å². The summed E-state index contributed by atoms with van der Waals surface area (Å²) in [5.74, 6) is 0.0462. The Hall–Kier alpha value is -2.40. The number of hydrogen-bond donors (Lipinski definition) is 2. The summed E-state index contributed by atoms with van der Waals surface area (Å²) in [7, 11) is 2.06. The highest BCUT2D eigenvalue weighted by Crippen LogP contribution is 2.20. The van der Waals surface area contributed by atoms with E-state index in [9.17, 15) is 9.59 Å². The summed E-state index contributed by atoms with van der Waals surface area (Å²) in [5.41, 5.74) is 2.67. The number of hydrogen-bond acceptors (Lipinski definition) is 2. The van der Waals surface area contributed by atoms with Crippen molar-refractivity contribution in [2.45, 2.75) is 38.8 Å². The SMILES string of the molecule is CC(=O)c1ccc(NC(=O)[C@H](C)[NH+]2CCC[C@@H]2c2cccn2C)cc1. The van der Waals surface area contributed by atoms with Crippen LogP contribution in [0, 0.1) is 0 Å². The average Bonchev–Trinajstić information content (AvgIpc) is 3.22. The number of rotatable bonds is 5. The fraction of sp³-hybridized carbons (Fsp3) is 0.400. The first kappa shape index (κ1) is 17.4. The summed E-state index contributed by atoms with van der Waals surface area (Å²) in [6.07, 6.45) is 4.31. The topological polar surface area (TPSA) is 55.5 Å². The molecule has 2 N–H and O–H groups in total. The van der Waals surface area contributed by atoms with Crippen molar-refractivity contribution in [3.63, 3.8) is 0 Å². The molecule has 0 radical (unpaired) electrons. The molecular formula is C20H26N3O2+. The van der Waals surface area contributed by atoms with Gasteiger partial charge in [0, 0.05) is 37.3 Å². The van der Waals surface area contributed by atoms with E-state index in [1.165, 1.54) is 17.5 Å². The summed E-state index contributed by atoms with van der Waals surface area (Å²) in [5, 5.41) is 2.99. The van der Waals surface area contributed by atoms with E-state index in [2.05, 4.69) is 35.3 Å². The first-order valence-corrected chi connectivity index (χ1v) is 8.86. The van der Waals surface area contributed by atoms with Crippen LogP contribution in [-0.2, 0) is 11.8 Å². The second-order valence-corrected chi connectivity index (χ2v) is 6.91. The molecule has 25 heavy (non-hydrogen) atoms.